The predicted octanol–water partition coefficient (Wildman–Crippen LogP) is 3.07. The molecule has 1 N–H and O–H groups in total. The summed E-state index contributed by atoms with van der Waals surface area (Å²) in [6, 6.07) is 2.95. The van der Waals surface area contributed by atoms with Crippen LogP contribution in [0.1, 0.15) is 49.2 Å². The second-order valence-corrected chi connectivity index (χ2v) is 6.47. The van der Waals surface area contributed by atoms with E-state index in [1.807, 2.05) is 0 Å². The van der Waals surface area contributed by atoms with Crippen molar-refractivity contribution in [3.63, 3.8) is 0 Å². The molecule has 1 heterocycles. The molecule has 0 radical (unpaired) electrons. The van der Waals surface area contributed by atoms with Gasteiger partial charge in [-0.15, -0.1) is 0 Å². The van der Waals surface area contributed by atoms with Gasteiger partial charge in [0, 0.05) is 12.6 Å². The molecule has 3 heteroatoms. The van der Waals surface area contributed by atoms with Crippen LogP contribution in [0, 0.1) is 12.8 Å². The molecule has 0 bridgehead atoms. The molecular weight excluding hydrogens is 236 g/mol. The summed E-state index contributed by atoms with van der Waals surface area (Å²) in [5.74, 6) is 3.17. The van der Waals surface area contributed by atoms with Gasteiger partial charge in [0.15, 0.2) is 0 Å². The van der Waals surface area contributed by atoms with E-state index in [9.17, 15) is 0 Å². The lowest BCUT2D eigenvalue weighted by Gasteiger charge is -2.29. The maximum absolute atomic E-state index is 5.99. The Morgan fingerprint density at radius 3 is 2.74 bits per heavy atom. The second kappa shape index (κ2) is 5.68. The van der Waals surface area contributed by atoms with Crippen LogP contribution >= 0.6 is 0 Å². The van der Waals surface area contributed by atoms with E-state index >= 15 is 0 Å². The quantitative estimate of drug-likeness (QED) is 0.818. The van der Waals surface area contributed by atoms with Crippen molar-refractivity contribution in [1.29, 1.82) is 0 Å². The van der Waals surface area contributed by atoms with Gasteiger partial charge in [0.2, 0.25) is 0 Å². The van der Waals surface area contributed by atoms with Crippen molar-refractivity contribution in [3.8, 4) is 0 Å². The molecule has 3 rings (SSSR count). The third kappa shape index (κ3) is 3.61. The molecule has 19 heavy (non-hydrogen) atoms. The monoisotopic (exact) mass is 262 g/mol. The molecule has 2 fully saturated rings. The molecule has 3 nitrogen and oxygen atoms in total. The fraction of sp³-hybridized carbons (Fsp3) is 0.750. The van der Waals surface area contributed by atoms with Gasteiger partial charge in [0.1, 0.15) is 11.5 Å². The Balaban J connectivity index is 1.49. The van der Waals surface area contributed by atoms with Gasteiger partial charge in [-0.05, 0) is 57.2 Å². The van der Waals surface area contributed by atoms with Crippen molar-refractivity contribution in [1.82, 2.24) is 10.2 Å². The third-order valence-corrected chi connectivity index (χ3v) is 4.42. The number of nitrogens with zero attached hydrogens (tertiary/aromatic N) is 1. The van der Waals surface area contributed by atoms with Gasteiger partial charge in [0.25, 0.3) is 0 Å². The van der Waals surface area contributed by atoms with Crippen molar-refractivity contribution >= 4 is 0 Å². The molecule has 0 aromatic carbocycles. The van der Waals surface area contributed by atoms with Crippen molar-refractivity contribution in [2.24, 2.45) is 5.92 Å². The summed E-state index contributed by atoms with van der Waals surface area (Å²) >= 11 is 0. The minimum atomic E-state index is 0.745. The second-order valence-electron chi connectivity index (χ2n) is 6.47. The number of hydrogen-bond acceptors (Lipinski definition) is 3. The van der Waals surface area contributed by atoms with Crippen LogP contribution in [0.2, 0.25) is 0 Å². The Hall–Kier alpha value is -0.800. The predicted molar refractivity (Wildman–Crippen MR) is 77.0 cm³/mol. The van der Waals surface area contributed by atoms with E-state index in [1.165, 1.54) is 44.2 Å². The Morgan fingerprint density at radius 1 is 1.32 bits per heavy atom. The topological polar surface area (TPSA) is 28.4 Å². The lowest BCUT2D eigenvalue weighted by atomic mass is 9.85. The molecular formula is C16H26N2O. The first-order valence-electron chi connectivity index (χ1n) is 7.71. The van der Waals surface area contributed by atoms with Gasteiger partial charge in [-0.3, -0.25) is 4.90 Å². The molecule has 0 saturated heterocycles. The standard InChI is InChI=1S/C16H26N2O/c1-12-8-15(11-18(2)10-13-4-3-5-13)19-16(12)9-17-14-6-7-14/h8,13-14,17H,3-7,9-11H2,1-2H3. The summed E-state index contributed by atoms with van der Waals surface area (Å²) in [7, 11) is 2.21. The van der Waals surface area contributed by atoms with E-state index in [2.05, 4.69) is 30.3 Å². The van der Waals surface area contributed by atoms with E-state index in [0.29, 0.717) is 0 Å². The van der Waals surface area contributed by atoms with Crippen LogP contribution in [0.15, 0.2) is 10.5 Å². The zero-order valence-electron chi connectivity index (χ0n) is 12.2. The highest BCUT2D eigenvalue weighted by Gasteiger charge is 2.22. The average Bonchev–Trinajstić information content (AvgIpc) is 3.07. The lowest BCUT2D eigenvalue weighted by Crippen LogP contribution is -2.28. The number of aryl methyl sites for hydroxylation is 1. The van der Waals surface area contributed by atoms with Crippen LogP contribution in [-0.2, 0) is 13.1 Å². The molecule has 0 aliphatic heterocycles. The zero-order chi connectivity index (χ0) is 13.2. The fourth-order valence-corrected chi connectivity index (χ4v) is 2.81. The number of furan rings is 1. The molecule has 0 atom stereocenters. The van der Waals surface area contributed by atoms with Gasteiger partial charge in [-0.1, -0.05) is 6.42 Å². The smallest absolute Gasteiger partial charge is 0.120 e. The Morgan fingerprint density at radius 2 is 2.11 bits per heavy atom. The van der Waals surface area contributed by atoms with Gasteiger partial charge in [0.05, 0.1) is 13.1 Å². The summed E-state index contributed by atoms with van der Waals surface area (Å²) in [6.45, 7) is 5.21. The first-order chi connectivity index (χ1) is 9.20. The molecule has 106 valence electrons. The van der Waals surface area contributed by atoms with Gasteiger partial charge >= 0.3 is 0 Å². The van der Waals surface area contributed by atoms with Crippen molar-refractivity contribution in [2.75, 3.05) is 13.6 Å². The van der Waals surface area contributed by atoms with Crippen molar-refractivity contribution in [3.05, 3.63) is 23.2 Å². The highest BCUT2D eigenvalue weighted by atomic mass is 16.3. The molecule has 0 unspecified atom stereocenters. The lowest BCUT2D eigenvalue weighted by molar-refractivity contribution is 0.190. The van der Waals surface area contributed by atoms with Gasteiger partial charge in [-0.2, -0.15) is 0 Å². The Labute approximate surface area is 116 Å². The number of hydrogen-bond donors (Lipinski definition) is 1. The minimum absolute atomic E-state index is 0.745. The minimum Gasteiger partial charge on any atom is -0.463 e. The summed E-state index contributed by atoms with van der Waals surface area (Å²) in [6.07, 6.45) is 6.92. The number of nitrogens with one attached hydrogen (secondary N) is 1. The van der Waals surface area contributed by atoms with Crippen LogP contribution in [0.25, 0.3) is 0 Å². The van der Waals surface area contributed by atoms with Gasteiger partial charge < -0.3 is 9.73 Å². The van der Waals surface area contributed by atoms with Crippen LogP contribution in [0.5, 0.6) is 0 Å². The molecule has 0 spiro atoms. The molecule has 2 aliphatic carbocycles. The van der Waals surface area contributed by atoms with E-state index in [-0.39, 0.29) is 0 Å². The maximum Gasteiger partial charge on any atom is 0.120 e. The Kier molecular flexibility index (Phi) is 3.94. The van der Waals surface area contributed by atoms with E-state index in [4.69, 9.17) is 4.42 Å². The summed E-state index contributed by atoms with van der Waals surface area (Å²) in [4.78, 5) is 2.40. The van der Waals surface area contributed by atoms with Crippen molar-refractivity contribution < 1.29 is 4.42 Å². The van der Waals surface area contributed by atoms with Crippen LogP contribution in [0.3, 0.4) is 0 Å². The SMILES string of the molecule is Cc1cc(CN(C)CC2CCC2)oc1CNC1CC1. The van der Waals surface area contributed by atoms with Crippen molar-refractivity contribution in [2.45, 2.75) is 58.2 Å². The zero-order valence-corrected chi connectivity index (χ0v) is 12.2. The highest BCUT2D eigenvalue weighted by molar-refractivity contribution is 5.20. The third-order valence-electron chi connectivity index (χ3n) is 4.42. The highest BCUT2D eigenvalue weighted by Crippen LogP contribution is 2.27. The molecule has 2 saturated carbocycles. The first kappa shape index (κ1) is 13.2. The number of rotatable bonds is 7. The Bertz CT molecular complexity index is 418. The first-order valence-corrected chi connectivity index (χ1v) is 7.71. The van der Waals surface area contributed by atoms with E-state index in [1.54, 1.807) is 0 Å². The molecule has 1 aromatic heterocycles. The van der Waals surface area contributed by atoms with Crippen LogP contribution in [-0.4, -0.2) is 24.5 Å². The van der Waals surface area contributed by atoms with E-state index < -0.39 is 0 Å². The van der Waals surface area contributed by atoms with Crippen LogP contribution in [0.4, 0.5) is 0 Å². The largest absolute Gasteiger partial charge is 0.463 e. The normalized spacial score (nSPS) is 19.9. The molecule has 2 aliphatic rings. The van der Waals surface area contributed by atoms with E-state index in [0.717, 1.165) is 36.6 Å². The molecule has 0 amide bonds. The summed E-state index contributed by atoms with van der Waals surface area (Å²) in [5.41, 5.74) is 1.29. The molecule has 1 aromatic rings. The summed E-state index contributed by atoms with van der Waals surface area (Å²) in [5, 5.41) is 3.52. The summed E-state index contributed by atoms with van der Waals surface area (Å²) < 4.78 is 5.99. The van der Waals surface area contributed by atoms with Crippen LogP contribution < -0.4 is 5.32 Å². The maximum atomic E-state index is 5.99. The average molecular weight is 262 g/mol. The fourth-order valence-electron chi connectivity index (χ4n) is 2.81. The van der Waals surface area contributed by atoms with Gasteiger partial charge in [-0.25, -0.2) is 0 Å².